The molecule has 0 bridgehead atoms. The summed E-state index contributed by atoms with van der Waals surface area (Å²) >= 11 is 0. The van der Waals surface area contributed by atoms with E-state index in [4.69, 9.17) is 10.2 Å². The Bertz CT molecular complexity index is 1100. The number of likely N-dealkylation sites (tertiary alicyclic amines) is 1. The molecule has 196 valence electrons. The number of hydrogen-bond acceptors (Lipinski definition) is 4. The van der Waals surface area contributed by atoms with Gasteiger partial charge < -0.3 is 15.1 Å². The normalized spacial score (nSPS) is 14.8. The Morgan fingerprint density at radius 3 is 2.25 bits per heavy atom. The third-order valence-electron chi connectivity index (χ3n) is 5.34. The van der Waals surface area contributed by atoms with Crippen LogP contribution >= 0.6 is 0 Å². The van der Waals surface area contributed by atoms with E-state index in [9.17, 15) is 26.7 Å². The average molecular weight is 512 g/mol. The van der Waals surface area contributed by atoms with Gasteiger partial charge in [0.1, 0.15) is 11.5 Å². The number of hydrogen-bond donors (Lipinski definition) is 1. The first-order valence-corrected chi connectivity index (χ1v) is 11.5. The molecular weight excluding hydrogens is 481 g/mol. The Balaban J connectivity index is 0.000000318. The van der Waals surface area contributed by atoms with Gasteiger partial charge in [-0.1, -0.05) is 26.0 Å². The van der Waals surface area contributed by atoms with Gasteiger partial charge in [0.15, 0.2) is 0 Å². The average Bonchev–Trinajstić information content (AvgIpc) is 3.35. The van der Waals surface area contributed by atoms with E-state index in [0.717, 1.165) is 11.6 Å². The van der Waals surface area contributed by atoms with Crippen molar-refractivity contribution in [2.24, 2.45) is 5.73 Å². The molecule has 0 unspecified atom stereocenters. The quantitative estimate of drug-likeness (QED) is 0.313. The van der Waals surface area contributed by atoms with Crippen molar-refractivity contribution in [1.29, 1.82) is 0 Å². The second-order valence-electron chi connectivity index (χ2n) is 7.95. The monoisotopic (exact) mass is 511 g/mol. The third-order valence-corrected chi connectivity index (χ3v) is 5.34. The molecule has 1 aromatic carbocycles. The number of benzene rings is 1. The molecule has 36 heavy (non-hydrogen) atoms. The zero-order chi connectivity index (χ0) is 26.9. The molecule has 10 heteroatoms. The Kier molecular flexibility index (Phi) is 10.2. The molecule has 0 radical (unpaired) electrons. The lowest BCUT2D eigenvalue weighted by atomic mass is 9.99. The van der Waals surface area contributed by atoms with E-state index in [1.54, 1.807) is 24.4 Å². The van der Waals surface area contributed by atoms with Crippen LogP contribution in [-0.4, -0.2) is 35.3 Å². The molecule has 2 N–H and O–H groups in total. The van der Waals surface area contributed by atoms with E-state index in [1.807, 2.05) is 26.8 Å². The molecule has 0 spiro atoms. The highest BCUT2D eigenvalue weighted by Crippen LogP contribution is 2.39. The number of carbonyl (C=O) groups excluding carboxylic acids is 1. The first-order valence-electron chi connectivity index (χ1n) is 11.5. The Morgan fingerprint density at radius 2 is 1.75 bits per heavy atom. The van der Waals surface area contributed by atoms with Crippen molar-refractivity contribution in [1.82, 2.24) is 9.88 Å². The molecule has 4 rings (SSSR count). The van der Waals surface area contributed by atoms with Crippen molar-refractivity contribution < 1.29 is 31.2 Å². The highest BCUT2D eigenvalue weighted by atomic mass is 19.4. The molecular formula is C26H30F5N3O2. The highest BCUT2D eigenvalue weighted by Gasteiger charge is 2.35. The van der Waals surface area contributed by atoms with Crippen LogP contribution in [0.1, 0.15) is 43.6 Å². The minimum absolute atomic E-state index is 0.0157. The maximum Gasteiger partial charge on any atom is 0.417 e. The van der Waals surface area contributed by atoms with Crippen molar-refractivity contribution in [2.75, 3.05) is 13.1 Å². The number of pyridine rings is 1. The van der Waals surface area contributed by atoms with Gasteiger partial charge in [-0.25, -0.2) is 8.78 Å². The van der Waals surface area contributed by atoms with Gasteiger partial charge in [-0.3, -0.25) is 9.78 Å². The van der Waals surface area contributed by atoms with Crippen LogP contribution in [0.3, 0.4) is 0 Å². The maximum absolute atomic E-state index is 13.5. The number of halogens is 5. The Morgan fingerprint density at radius 1 is 1.08 bits per heavy atom. The van der Waals surface area contributed by atoms with E-state index < -0.39 is 17.7 Å². The molecule has 1 aliphatic heterocycles. The fraction of sp³-hybridized carbons (Fsp3) is 0.385. The molecule has 0 aliphatic carbocycles. The molecule has 3 aromatic rings. The summed E-state index contributed by atoms with van der Waals surface area (Å²) in [4.78, 5) is 15.6. The van der Waals surface area contributed by atoms with Crippen LogP contribution in [-0.2, 0) is 17.5 Å². The van der Waals surface area contributed by atoms with Crippen LogP contribution in [0.25, 0.3) is 22.6 Å². The smallest absolute Gasteiger partial charge is 0.417 e. The molecule has 5 nitrogen and oxygen atoms in total. The molecule has 2 aromatic heterocycles. The first-order chi connectivity index (χ1) is 17.0. The number of amides is 1. The van der Waals surface area contributed by atoms with Crippen molar-refractivity contribution in [3.63, 3.8) is 0 Å². The van der Waals surface area contributed by atoms with Crippen LogP contribution in [0, 0.1) is 6.92 Å². The lowest BCUT2D eigenvalue weighted by Crippen LogP contribution is -2.38. The molecule has 1 amide bonds. The summed E-state index contributed by atoms with van der Waals surface area (Å²) in [5.74, 6) is -1.96. The number of rotatable bonds is 4. The van der Waals surface area contributed by atoms with Gasteiger partial charge in [-0.15, -0.1) is 0 Å². The van der Waals surface area contributed by atoms with Gasteiger partial charge in [-0.2, -0.15) is 13.2 Å². The van der Waals surface area contributed by atoms with Crippen molar-refractivity contribution in [3.8, 4) is 22.6 Å². The van der Waals surface area contributed by atoms with Gasteiger partial charge in [0.2, 0.25) is 6.41 Å². The topological polar surface area (TPSA) is 72.4 Å². The number of furan rings is 1. The third kappa shape index (κ3) is 7.87. The van der Waals surface area contributed by atoms with Gasteiger partial charge in [0, 0.05) is 43.3 Å². The molecule has 1 fully saturated rings. The zero-order valence-electron chi connectivity index (χ0n) is 20.4. The van der Waals surface area contributed by atoms with Gasteiger partial charge in [0.05, 0.1) is 17.8 Å². The number of aryl methyl sites for hydroxylation is 1. The Hall–Kier alpha value is -3.27. The summed E-state index contributed by atoms with van der Waals surface area (Å²) in [5.41, 5.74) is 6.50. The largest absolute Gasteiger partial charge is 0.460 e. The van der Waals surface area contributed by atoms with Crippen LogP contribution in [0.2, 0.25) is 0 Å². The first kappa shape index (κ1) is 29.0. The van der Waals surface area contributed by atoms with E-state index in [2.05, 4.69) is 4.98 Å². The number of nitrogens with zero attached hydrogens (tertiary/aromatic N) is 2. The summed E-state index contributed by atoms with van der Waals surface area (Å²) in [6.07, 6.45) is -2.64. The standard InChI is InChI=1S/C18H15F3N2O.C6H9F2NO.C2H6/c1-11-2-6-16(23-10-11)12-3-5-14(15(8-12)18(19,20)21)17-7-4-13(9-22)24-17;7-6(8)1-3-9(5-10)4-2-6;1-2/h2-8,10H,9,22H2,1H3;5H,1-4H2;1-2H3. The van der Waals surface area contributed by atoms with Crippen LogP contribution in [0.15, 0.2) is 53.1 Å². The van der Waals surface area contributed by atoms with Gasteiger partial charge in [-0.05, 0) is 42.8 Å². The number of carbonyl (C=O) groups is 1. The Labute approximate surface area is 207 Å². The highest BCUT2D eigenvalue weighted by molar-refractivity contribution is 5.70. The summed E-state index contributed by atoms with van der Waals surface area (Å²) in [6.45, 7) is 6.38. The molecule has 3 heterocycles. The fourth-order valence-corrected chi connectivity index (χ4v) is 3.38. The van der Waals surface area contributed by atoms with Gasteiger partial charge in [0.25, 0.3) is 5.92 Å². The molecule has 1 saturated heterocycles. The number of piperidine rings is 1. The maximum atomic E-state index is 13.5. The minimum atomic E-state index is -4.51. The predicted octanol–water partition coefficient (Wildman–Crippen LogP) is 6.69. The van der Waals surface area contributed by atoms with Crippen molar-refractivity contribution >= 4 is 6.41 Å². The molecule has 1 aliphatic rings. The van der Waals surface area contributed by atoms with Crippen LogP contribution in [0.5, 0.6) is 0 Å². The van der Waals surface area contributed by atoms with Crippen LogP contribution in [0.4, 0.5) is 22.0 Å². The summed E-state index contributed by atoms with van der Waals surface area (Å²) in [5, 5.41) is 0. The lowest BCUT2D eigenvalue weighted by molar-refractivity contribution is -0.137. The number of aromatic nitrogens is 1. The summed E-state index contributed by atoms with van der Waals surface area (Å²) < 4.78 is 70.6. The van der Waals surface area contributed by atoms with E-state index >= 15 is 0 Å². The molecule has 0 saturated carbocycles. The SMILES string of the molecule is CC.Cc1ccc(-c2ccc(-c3ccc(CN)o3)c(C(F)(F)F)c2)nc1.O=CN1CCC(F)(F)CC1. The van der Waals surface area contributed by atoms with Crippen molar-refractivity contribution in [3.05, 3.63) is 65.5 Å². The fourth-order valence-electron chi connectivity index (χ4n) is 3.38. The molecule has 0 atom stereocenters. The lowest BCUT2D eigenvalue weighted by Gasteiger charge is -2.28. The van der Waals surface area contributed by atoms with E-state index in [-0.39, 0.29) is 43.8 Å². The van der Waals surface area contributed by atoms with Crippen molar-refractivity contribution in [2.45, 2.75) is 52.3 Å². The summed E-state index contributed by atoms with van der Waals surface area (Å²) in [7, 11) is 0. The van der Waals surface area contributed by atoms with Gasteiger partial charge >= 0.3 is 6.18 Å². The predicted molar refractivity (Wildman–Crippen MR) is 128 cm³/mol. The zero-order valence-corrected chi connectivity index (χ0v) is 20.4. The van der Waals surface area contributed by atoms with Crippen LogP contribution < -0.4 is 5.73 Å². The van der Waals surface area contributed by atoms with E-state index in [0.29, 0.717) is 23.4 Å². The number of nitrogens with two attached hydrogens (primary N) is 1. The van der Waals surface area contributed by atoms with E-state index in [1.165, 1.54) is 17.0 Å². The second kappa shape index (κ2) is 12.6. The second-order valence-corrected chi connectivity index (χ2v) is 7.95. The number of alkyl halides is 5. The summed E-state index contributed by atoms with van der Waals surface area (Å²) in [6, 6.07) is 10.7. The minimum Gasteiger partial charge on any atom is -0.460 e.